The average Bonchev–Trinajstić information content (AvgIpc) is 2.94. The van der Waals surface area contributed by atoms with Crippen LogP contribution in [0.25, 0.3) is 0 Å². The van der Waals surface area contributed by atoms with E-state index in [9.17, 15) is 8.42 Å². The van der Waals surface area contributed by atoms with Gasteiger partial charge < -0.3 is 10.2 Å². The van der Waals surface area contributed by atoms with Crippen LogP contribution in [0.1, 0.15) is 12.0 Å². The highest BCUT2D eigenvalue weighted by Gasteiger charge is 2.31. The van der Waals surface area contributed by atoms with Crippen molar-refractivity contribution in [2.45, 2.75) is 18.9 Å². The molecule has 2 aromatic rings. The molecule has 1 aromatic carbocycles. The topological polar surface area (TPSA) is 88.1 Å². The Balaban J connectivity index is 1.59. The van der Waals surface area contributed by atoms with Gasteiger partial charge in [-0.2, -0.15) is 10.1 Å². The van der Waals surface area contributed by atoms with E-state index in [1.54, 1.807) is 18.1 Å². The molecule has 2 heterocycles. The zero-order valence-corrected chi connectivity index (χ0v) is 15.5. The molecule has 134 valence electrons. The van der Waals surface area contributed by atoms with Crippen LogP contribution in [-0.2, 0) is 16.3 Å². The third kappa shape index (κ3) is 4.79. The second kappa shape index (κ2) is 7.53. The minimum Gasteiger partial charge on any atom is -0.368 e. The van der Waals surface area contributed by atoms with Crippen molar-refractivity contribution >= 4 is 33.2 Å². The molecule has 7 nitrogen and oxygen atoms in total. The van der Waals surface area contributed by atoms with Gasteiger partial charge in [0.2, 0.25) is 5.95 Å². The first-order chi connectivity index (χ1) is 11.9. The summed E-state index contributed by atoms with van der Waals surface area (Å²) in [5, 5.41) is 11.9. The quantitative estimate of drug-likeness (QED) is 0.816. The molecule has 3 rings (SSSR count). The predicted octanol–water partition coefficient (Wildman–Crippen LogP) is 1.80. The zero-order valence-electron chi connectivity index (χ0n) is 13.9. The summed E-state index contributed by atoms with van der Waals surface area (Å²) in [6.45, 7) is 0.681. The fourth-order valence-electron chi connectivity index (χ4n) is 2.80. The highest BCUT2D eigenvalue weighted by Crippen LogP contribution is 2.20. The summed E-state index contributed by atoms with van der Waals surface area (Å²) in [6.07, 6.45) is 2.95. The van der Waals surface area contributed by atoms with E-state index >= 15 is 0 Å². The van der Waals surface area contributed by atoms with Crippen molar-refractivity contribution in [3.63, 3.8) is 0 Å². The molecule has 1 aliphatic heterocycles. The van der Waals surface area contributed by atoms with E-state index in [-0.39, 0.29) is 17.5 Å². The number of hydrogen-bond donors (Lipinski definition) is 1. The molecular formula is C16H20ClN5O2S. The minimum absolute atomic E-state index is 0.103. The molecule has 1 unspecified atom stereocenters. The second-order valence-corrected chi connectivity index (χ2v) is 8.78. The molecule has 1 atom stereocenters. The lowest BCUT2D eigenvalue weighted by atomic mass is 10.1. The molecule has 1 aliphatic rings. The predicted molar refractivity (Wildman–Crippen MR) is 98.9 cm³/mol. The smallest absolute Gasteiger partial charge is 0.247 e. The fraction of sp³-hybridized carbons (Fsp3) is 0.438. The molecule has 0 radical (unpaired) electrons. The van der Waals surface area contributed by atoms with Gasteiger partial charge >= 0.3 is 0 Å². The Kier molecular flexibility index (Phi) is 5.39. The molecular weight excluding hydrogens is 362 g/mol. The highest BCUT2D eigenvalue weighted by atomic mass is 35.5. The minimum atomic E-state index is -2.95. The average molecular weight is 382 g/mol. The number of anilines is 2. The number of sulfone groups is 1. The van der Waals surface area contributed by atoms with Gasteiger partial charge in [0.15, 0.2) is 15.7 Å². The molecule has 0 bridgehead atoms. The third-order valence-corrected chi connectivity index (χ3v) is 6.21. The van der Waals surface area contributed by atoms with Gasteiger partial charge in [-0.15, -0.1) is 5.10 Å². The van der Waals surface area contributed by atoms with Gasteiger partial charge in [-0.25, -0.2) is 8.42 Å². The molecule has 0 spiro atoms. The molecule has 25 heavy (non-hydrogen) atoms. The van der Waals surface area contributed by atoms with E-state index in [0.717, 1.165) is 17.0 Å². The number of hydrogen-bond acceptors (Lipinski definition) is 7. The first-order valence-corrected chi connectivity index (χ1v) is 10.2. The number of halogens is 1. The van der Waals surface area contributed by atoms with Gasteiger partial charge in [0, 0.05) is 24.7 Å². The molecule has 0 amide bonds. The van der Waals surface area contributed by atoms with Crippen molar-refractivity contribution in [2.75, 3.05) is 35.3 Å². The van der Waals surface area contributed by atoms with Crippen LogP contribution in [0.4, 0.5) is 11.8 Å². The van der Waals surface area contributed by atoms with Crippen LogP contribution in [0.15, 0.2) is 30.5 Å². The molecule has 1 saturated heterocycles. The SMILES string of the molecule is CN(c1nncc(NCCc2cccc(Cl)c2)n1)C1CCS(=O)(=O)C1. The van der Waals surface area contributed by atoms with Crippen LogP contribution in [0.2, 0.25) is 5.02 Å². The third-order valence-electron chi connectivity index (χ3n) is 4.23. The standard InChI is InChI=1S/C16H20ClN5O2S/c1-22(14-6-8-25(23,24)11-14)16-20-15(10-19-21-16)18-7-5-12-3-2-4-13(17)9-12/h2-4,9-10,14H,5-8,11H2,1H3,(H,18,20,21). The lowest BCUT2D eigenvalue weighted by Crippen LogP contribution is -2.34. The number of rotatable bonds is 6. The van der Waals surface area contributed by atoms with Crippen LogP contribution < -0.4 is 10.2 Å². The first kappa shape index (κ1) is 17.9. The van der Waals surface area contributed by atoms with Crippen molar-refractivity contribution in [1.82, 2.24) is 15.2 Å². The normalized spacial score (nSPS) is 18.9. The van der Waals surface area contributed by atoms with E-state index in [1.165, 1.54) is 0 Å². The maximum absolute atomic E-state index is 11.6. The fourth-order valence-corrected chi connectivity index (χ4v) is 4.79. The molecule has 1 N–H and O–H groups in total. The highest BCUT2D eigenvalue weighted by molar-refractivity contribution is 7.91. The summed E-state index contributed by atoms with van der Waals surface area (Å²) in [6, 6.07) is 7.62. The van der Waals surface area contributed by atoms with Crippen molar-refractivity contribution in [3.8, 4) is 0 Å². The summed E-state index contributed by atoms with van der Waals surface area (Å²) >= 11 is 5.98. The van der Waals surface area contributed by atoms with E-state index < -0.39 is 9.84 Å². The molecule has 1 aromatic heterocycles. The van der Waals surface area contributed by atoms with Gasteiger partial charge in [0.05, 0.1) is 17.7 Å². The van der Waals surface area contributed by atoms with E-state index in [2.05, 4.69) is 20.5 Å². The first-order valence-electron chi connectivity index (χ1n) is 8.04. The summed E-state index contributed by atoms with van der Waals surface area (Å²) in [7, 11) is -1.15. The van der Waals surface area contributed by atoms with Gasteiger partial charge in [-0.3, -0.25) is 0 Å². The number of aromatic nitrogens is 3. The second-order valence-electron chi connectivity index (χ2n) is 6.12. The lowest BCUT2D eigenvalue weighted by molar-refractivity contribution is 0.600. The summed E-state index contributed by atoms with van der Waals surface area (Å²) in [5.41, 5.74) is 1.13. The van der Waals surface area contributed by atoms with Crippen molar-refractivity contribution in [1.29, 1.82) is 0 Å². The Bertz CT molecular complexity index is 846. The van der Waals surface area contributed by atoms with Crippen LogP contribution >= 0.6 is 11.6 Å². The van der Waals surface area contributed by atoms with Gasteiger partial charge in [-0.1, -0.05) is 23.7 Å². The Morgan fingerprint density at radius 3 is 2.96 bits per heavy atom. The molecule has 9 heteroatoms. The monoisotopic (exact) mass is 381 g/mol. The maximum atomic E-state index is 11.6. The van der Waals surface area contributed by atoms with Crippen LogP contribution in [0, 0.1) is 0 Å². The molecule has 0 aliphatic carbocycles. The Labute approximate surface area is 152 Å². The van der Waals surface area contributed by atoms with E-state index in [0.29, 0.717) is 24.7 Å². The zero-order chi connectivity index (χ0) is 17.9. The van der Waals surface area contributed by atoms with E-state index in [1.807, 2.05) is 24.3 Å². The van der Waals surface area contributed by atoms with Crippen molar-refractivity contribution < 1.29 is 8.42 Å². The van der Waals surface area contributed by atoms with Crippen molar-refractivity contribution in [3.05, 3.63) is 41.0 Å². The van der Waals surface area contributed by atoms with Crippen LogP contribution in [0.3, 0.4) is 0 Å². The molecule has 1 fully saturated rings. The largest absolute Gasteiger partial charge is 0.368 e. The lowest BCUT2D eigenvalue weighted by Gasteiger charge is -2.22. The summed E-state index contributed by atoms with van der Waals surface area (Å²) < 4.78 is 23.3. The number of benzene rings is 1. The summed E-state index contributed by atoms with van der Waals surface area (Å²) in [5.74, 6) is 1.39. The Morgan fingerprint density at radius 1 is 1.40 bits per heavy atom. The summed E-state index contributed by atoms with van der Waals surface area (Å²) in [4.78, 5) is 6.23. The maximum Gasteiger partial charge on any atom is 0.247 e. The van der Waals surface area contributed by atoms with Gasteiger partial charge in [0.25, 0.3) is 0 Å². The van der Waals surface area contributed by atoms with E-state index in [4.69, 9.17) is 11.6 Å². The number of nitrogens with zero attached hydrogens (tertiary/aromatic N) is 4. The molecule has 0 saturated carbocycles. The van der Waals surface area contributed by atoms with Gasteiger partial charge in [0.1, 0.15) is 0 Å². The van der Waals surface area contributed by atoms with Crippen LogP contribution in [-0.4, -0.2) is 54.7 Å². The Hall–Kier alpha value is -1.93. The van der Waals surface area contributed by atoms with Crippen LogP contribution in [0.5, 0.6) is 0 Å². The van der Waals surface area contributed by atoms with Crippen molar-refractivity contribution in [2.24, 2.45) is 0 Å². The number of nitrogens with one attached hydrogen (secondary N) is 1. The Morgan fingerprint density at radius 2 is 2.24 bits per heavy atom. The van der Waals surface area contributed by atoms with Gasteiger partial charge in [-0.05, 0) is 30.5 Å².